The van der Waals surface area contributed by atoms with E-state index in [2.05, 4.69) is 31.9 Å². The molecule has 106 valence electrons. The average Bonchev–Trinajstić information content (AvgIpc) is 2.78. The lowest BCUT2D eigenvalue weighted by atomic mass is 10.1. The van der Waals surface area contributed by atoms with Crippen molar-refractivity contribution in [1.29, 1.82) is 0 Å². The number of rotatable bonds is 4. The van der Waals surface area contributed by atoms with Crippen molar-refractivity contribution in [3.05, 3.63) is 27.1 Å². The Morgan fingerprint density at radius 3 is 2.74 bits per heavy atom. The number of sulfonamides is 1. The third-order valence-electron chi connectivity index (χ3n) is 3.30. The standard InChI is InChI=1S/C12H15Br2NO3S/c13-10-1-2-12(11(14)7-10)19(17,18)15-5-3-9(8-15)4-6-16/h1-2,7,9,16H,3-6,8H2. The maximum absolute atomic E-state index is 12.5. The van der Waals surface area contributed by atoms with E-state index in [-0.39, 0.29) is 12.5 Å². The monoisotopic (exact) mass is 411 g/mol. The molecular weight excluding hydrogens is 398 g/mol. The highest BCUT2D eigenvalue weighted by atomic mass is 79.9. The molecule has 1 aromatic carbocycles. The first-order chi connectivity index (χ1) is 8.95. The van der Waals surface area contributed by atoms with E-state index in [1.165, 1.54) is 4.31 Å². The van der Waals surface area contributed by atoms with Crippen molar-refractivity contribution >= 4 is 41.9 Å². The Balaban J connectivity index is 2.23. The van der Waals surface area contributed by atoms with Crippen LogP contribution < -0.4 is 0 Å². The highest BCUT2D eigenvalue weighted by molar-refractivity contribution is 9.11. The Hall–Kier alpha value is 0.0500. The Morgan fingerprint density at radius 2 is 2.11 bits per heavy atom. The van der Waals surface area contributed by atoms with Crippen LogP contribution in [0.5, 0.6) is 0 Å². The van der Waals surface area contributed by atoms with Gasteiger partial charge in [0, 0.05) is 28.6 Å². The lowest BCUT2D eigenvalue weighted by molar-refractivity contribution is 0.259. The third kappa shape index (κ3) is 3.39. The number of halogens is 2. The SMILES string of the molecule is O=S(=O)(c1ccc(Br)cc1Br)N1CCC(CCO)C1. The average molecular weight is 413 g/mol. The molecule has 1 atom stereocenters. The zero-order chi connectivity index (χ0) is 14.0. The van der Waals surface area contributed by atoms with E-state index in [0.717, 1.165) is 10.9 Å². The van der Waals surface area contributed by atoms with Gasteiger partial charge in [0.25, 0.3) is 0 Å². The van der Waals surface area contributed by atoms with Gasteiger partial charge in [0.2, 0.25) is 10.0 Å². The molecule has 0 bridgehead atoms. The minimum Gasteiger partial charge on any atom is -0.396 e. The normalized spacial score (nSPS) is 20.9. The first-order valence-corrected chi connectivity index (χ1v) is 9.04. The predicted octanol–water partition coefficient (Wildman–Crippen LogP) is 2.60. The van der Waals surface area contributed by atoms with Gasteiger partial charge < -0.3 is 5.11 Å². The predicted molar refractivity (Wildman–Crippen MR) is 80.4 cm³/mol. The molecule has 1 saturated heterocycles. The Morgan fingerprint density at radius 1 is 1.37 bits per heavy atom. The minimum absolute atomic E-state index is 0.112. The molecule has 1 fully saturated rings. The molecule has 1 aliphatic heterocycles. The van der Waals surface area contributed by atoms with Crippen LogP contribution in [0.25, 0.3) is 0 Å². The van der Waals surface area contributed by atoms with Crippen LogP contribution in [0.3, 0.4) is 0 Å². The molecule has 2 rings (SSSR count). The van der Waals surface area contributed by atoms with Gasteiger partial charge in [-0.3, -0.25) is 0 Å². The fourth-order valence-corrected chi connectivity index (χ4v) is 5.49. The van der Waals surface area contributed by atoms with Crippen molar-refractivity contribution in [1.82, 2.24) is 4.31 Å². The van der Waals surface area contributed by atoms with Crippen molar-refractivity contribution in [2.75, 3.05) is 19.7 Å². The second-order valence-corrected chi connectivity index (χ2v) is 8.28. The van der Waals surface area contributed by atoms with Crippen LogP contribution in [0.2, 0.25) is 0 Å². The van der Waals surface area contributed by atoms with E-state index >= 15 is 0 Å². The van der Waals surface area contributed by atoms with E-state index in [1.807, 2.05) is 0 Å². The zero-order valence-corrected chi connectivity index (χ0v) is 14.2. The molecule has 1 unspecified atom stereocenters. The quantitative estimate of drug-likeness (QED) is 0.826. The van der Waals surface area contributed by atoms with Gasteiger partial charge in [-0.25, -0.2) is 8.42 Å². The van der Waals surface area contributed by atoms with Gasteiger partial charge in [-0.05, 0) is 52.9 Å². The summed E-state index contributed by atoms with van der Waals surface area (Å²) in [7, 11) is -3.45. The first-order valence-electron chi connectivity index (χ1n) is 6.01. The lowest BCUT2D eigenvalue weighted by Gasteiger charge is -2.17. The summed E-state index contributed by atoms with van der Waals surface area (Å²) in [6.07, 6.45) is 1.47. The second kappa shape index (κ2) is 6.22. The maximum atomic E-state index is 12.5. The Bertz CT molecular complexity index is 562. The molecule has 1 aromatic rings. The second-order valence-electron chi connectivity index (χ2n) is 4.60. The maximum Gasteiger partial charge on any atom is 0.244 e. The van der Waals surface area contributed by atoms with Crippen LogP contribution in [0.1, 0.15) is 12.8 Å². The molecule has 1 N–H and O–H groups in total. The molecule has 0 aromatic heterocycles. The molecule has 4 nitrogen and oxygen atoms in total. The molecule has 7 heteroatoms. The number of aliphatic hydroxyl groups excluding tert-OH is 1. The number of nitrogens with zero attached hydrogens (tertiary/aromatic N) is 1. The number of benzene rings is 1. The summed E-state index contributed by atoms with van der Waals surface area (Å²) in [6.45, 7) is 1.13. The first kappa shape index (κ1) is 15.4. The molecule has 19 heavy (non-hydrogen) atoms. The van der Waals surface area contributed by atoms with Gasteiger partial charge in [0.1, 0.15) is 0 Å². The number of hydrogen-bond donors (Lipinski definition) is 1. The van der Waals surface area contributed by atoms with Crippen LogP contribution in [0.15, 0.2) is 32.0 Å². The summed E-state index contributed by atoms with van der Waals surface area (Å²) < 4.78 is 28.0. The molecule has 0 saturated carbocycles. The van der Waals surface area contributed by atoms with Crippen LogP contribution in [0, 0.1) is 5.92 Å². The van der Waals surface area contributed by atoms with Crippen LogP contribution in [-0.2, 0) is 10.0 Å². The molecule has 0 radical (unpaired) electrons. The van der Waals surface area contributed by atoms with E-state index in [4.69, 9.17) is 5.11 Å². The van der Waals surface area contributed by atoms with Crippen LogP contribution in [-0.4, -0.2) is 37.5 Å². The van der Waals surface area contributed by atoms with Crippen molar-refractivity contribution in [2.45, 2.75) is 17.7 Å². The number of aliphatic hydroxyl groups is 1. The largest absolute Gasteiger partial charge is 0.396 e. The fraction of sp³-hybridized carbons (Fsp3) is 0.500. The topological polar surface area (TPSA) is 57.6 Å². The molecule has 1 heterocycles. The summed E-state index contributed by atoms with van der Waals surface area (Å²) in [5, 5.41) is 8.93. The number of hydrogen-bond acceptors (Lipinski definition) is 3. The summed E-state index contributed by atoms with van der Waals surface area (Å²) in [4.78, 5) is 0.292. The van der Waals surface area contributed by atoms with E-state index in [1.54, 1.807) is 18.2 Å². The summed E-state index contributed by atoms with van der Waals surface area (Å²) in [5.41, 5.74) is 0. The molecular formula is C12H15Br2NO3S. The molecule has 0 spiro atoms. The van der Waals surface area contributed by atoms with Gasteiger partial charge in [-0.15, -0.1) is 0 Å². The molecule has 0 amide bonds. The van der Waals surface area contributed by atoms with Crippen molar-refractivity contribution in [3.63, 3.8) is 0 Å². The smallest absolute Gasteiger partial charge is 0.244 e. The van der Waals surface area contributed by atoms with Crippen molar-refractivity contribution in [2.24, 2.45) is 5.92 Å². The Kier molecular flexibility index (Phi) is 5.05. The minimum atomic E-state index is -3.45. The summed E-state index contributed by atoms with van der Waals surface area (Å²) in [5.74, 6) is 0.258. The van der Waals surface area contributed by atoms with Gasteiger partial charge in [0.15, 0.2) is 0 Å². The van der Waals surface area contributed by atoms with E-state index in [9.17, 15) is 8.42 Å². The van der Waals surface area contributed by atoms with Crippen molar-refractivity contribution < 1.29 is 13.5 Å². The zero-order valence-electron chi connectivity index (χ0n) is 10.2. The Labute approximate surface area is 130 Å². The van der Waals surface area contributed by atoms with Crippen LogP contribution in [0.4, 0.5) is 0 Å². The van der Waals surface area contributed by atoms with Gasteiger partial charge in [0.05, 0.1) is 4.90 Å². The van der Waals surface area contributed by atoms with Gasteiger partial charge in [-0.2, -0.15) is 4.31 Å². The van der Waals surface area contributed by atoms with Crippen molar-refractivity contribution in [3.8, 4) is 0 Å². The van der Waals surface area contributed by atoms with E-state index in [0.29, 0.717) is 28.9 Å². The lowest BCUT2D eigenvalue weighted by Crippen LogP contribution is -2.29. The molecule has 0 aliphatic carbocycles. The molecule has 1 aliphatic rings. The van der Waals surface area contributed by atoms with Crippen LogP contribution >= 0.6 is 31.9 Å². The highest BCUT2D eigenvalue weighted by Crippen LogP contribution is 2.31. The van der Waals surface area contributed by atoms with Gasteiger partial charge in [-0.1, -0.05) is 15.9 Å². The van der Waals surface area contributed by atoms with Gasteiger partial charge >= 0.3 is 0 Å². The highest BCUT2D eigenvalue weighted by Gasteiger charge is 2.33. The third-order valence-corrected chi connectivity index (χ3v) is 6.63. The summed E-state index contributed by atoms with van der Waals surface area (Å²) in [6, 6.07) is 5.05. The fourth-order valence-electron chi connectivity index (χ4n) is 2.26. The van der Waals surface area contributed by atoms with E-state index < -0.39 is 10.0 Å². The summed E-state index contributed by atoms with van der Waals surface area (Å²) >= 11 is 6.61.